The van der Waals surface area contributed by atoms with Crippen molar-refractivity contribution in [1.82, 2.24) is 9.80 Å². The maximum atomic E-state index is 13.4. The highest BCUT2D eigenvalue weighted by atomic mass is 19.2. The maximum absolute atomic E-state index is 13.4. The number of nitrogens with zero attached hydrogens (tertiary/aromatic N) is 2. The Hall–Kier alpha value is -1.04. The molecule has 0 aromatic heterocycles. The fourth-order valence-electron chi connectivity index (χ4n) is 3.51. The summed E-state index contributed by atoms with van der Waals surface area (Å²) in [5.74, 6) is -1.59. The summed E-state index contributed by atoms with van der Waals surface area (Å²) in [6.45, 7) is 4.58. The Morgan fingerprint density at radius 3 is 2.80 bits per heavy atom. The van der Waals surface area contributed by atoms with E-state index in [1.54, 1.807) is 6.07 Å². The van der Waals surface area contributed by atoms with Gasteiger partial charge in [-0.1, -0.05) is 6.07 Å². The molecule has 0 amide bonds. The van der Waals surface area contributed by atoms with Gasteiger partial charge in [0.1, 0.15) is 0 Å². The van der Waals surface area contributed by atoms with Crippen LogP contribution in [-0.2, 0) is 0 Å². The molecule has 0 radical (unpaired) electrons. The zero-order valence-electron chi connectivity index (χ0n) is 11.6. The average Bonchev–Trinajstić information content (AvgIpc) is 2.91. The van der Waals surface area contributed by atoms with Gasteiger partial charge in [-0.3, -0.25) is 9.80 Å². The molecular formula is C15H21F2N3. The molecule has 2 aliphatic rings. The summed E-state index contributed by atoms with van der Waals surface area (Å²) in [4.78, 5) is 4.84. The quantitative estimate of drug-likeness (QED) is 0.916. The van der Waals surface area contributed by atoms with E-state index in [9.17, 15) is 8.78 Å². The Labute approximate surface area is 118 Å². The van der Waals surface area contributed by atoms with Crippen molar-refractivity contribution < 1.29 is 8.78 Å². The maximum Gasteiger partial charge on any atom is 0.159 e. The standard InChI is InChI=1S/C15H21F2N3/c16-13-4-3-11(8-14(13)17)15(9-18)20-7-6-19-5-1-2-12(19)10-20/h3-4,8,12,15H,1-2,5-7,9-10,18H2. The van der Waals surface area contributed by atoms with Gasteiger partial charge in [0, 0.05) is 38.3 Å². The molecule has 1 aromatic carbocycles. The number of nitrogens with two attached hydrogens (primary N) is 1. The average molecular weight is 281 g/mol. The lowest BCUT2D eigenvalue weighted by atomic mass is 10.0. The van der Waals surface area contributed by atoms with Gasteiger partial charge in [0.2, 0.25) is 0 Å². The van der Waals surface area contributed by atoms with E-state index in [1.165, 1.54) is 31.5 Å². The van der Waals surface area contributed by atoms with Gasteiger partial charge in [-0.25, -0.2) is 8.78 Å². The first-order valence-corrected chi connectivity index (χ1v) is 7.32. The Morgan fingerprint density at radius 2 is 2.05 bits per heavy atom. The number of hydrogen-bond donors (Lipinski definition) is 1. The molecule has 2 unspecified atom stereocenters. The van der Waals surface area contributed by atoms with Crippen molar-refractivity contribution >= 4 is 0 Å². The third-order valence-corrected chi connectivity index (χ3v) is 4.61. The van der Waals surface area contributed by atoms with E-state index in [4.69, 9.17) is 5.73 Å². The van der Waals surface area contributed by atoms with Gasteiger partial charge in [0.15, 0.2) is 11.6 Å². The van der Waals surface area contributed by atoms with E-state index >= 15 is 0 Å². The number of fused-ring (bicyclic) bond motifs is 1. The number of benzene rings is 1. The van der Waals surface area contributed by atoms with Gasteiger partial charge in [0.25, 0.3) is 0 Å². The van der Waals surface area contributed by atoms with Crippen LogP contribution in [0.1, 0.15) is 24.4 Å². The molecule has 0 aliphatic carbocycles. The summed E-state index contributed by atoms with van der Waals surface area (Å²) in [5.41, 5.74) is 6.67. The van der Waals surface area contributed by atoms with Crippen molar-refractivity contribution in [3.05, 3.63) is 35.4 Å². The van der Waals surface area contributed by atoms with Crippen molar-refractivity contribution in [1.29, 1.82) is 0 Å². The Balaban J connectivity index is 1.77. The fourth-order valence-corrected chi connectivity index (χ4v) is 3.51. The number of halogens is 2. The minimum absolute atomic E-state index is 0.0205. The van der Waals surface area contributed by atoms with Crippen LogP contribution in [0.3, 0.4) is 0 Å². The van der Waals surface area contributed by atoms with Gasteiger partial charge >= 0.3 is 0 Å². The molecule has 2 atom stereocenters. The van der Waals surface area contributed by atoms with Crippen molar-refractivity contribution in [3.8, 4) is 0 Å². The van der Waals surface area contributed by atoms with Gasteiger partial charge in [-0.15, -0.1) is 0 Å². The second-order valence-corrected chi connectivity index (χ2v) is 5.75. The second kappa shape index (κ2) is 5.76. The van der Waals surface area contributed by atoms with Crippen LogP contribution in [-0.4, -0.2) is 48.6 Å². The van der Waals surface area contributed by atoms with E-state index in [1.807, 2.05) is 0 Å². The summed E-state index contributed by atoms with van der Waals surface area (Å²) in [6.07, 6.45) is 2.49. The van der Waals surface area contributed by atoms with E-state index < -0.39 is 11.6 Å². The molecule has 2 heterocycles. The minimum Gasteiger partial charge on any atom is -0.329 e. The second-order valence-electron chi connectivity index (χ2n) is 5.75. The van der Waals surface area contributed by atoms with Gasteiger partial charge < -0.3 is 5.73 Å². The zero-order chi connectivity index (χ0) is 14.1. The fraction of sp³-hybridized carbons (Fsp3) is 0.600. The van der Waals surface area contributed by atoms with Crippen LogP contribution in [0.15, 0.2) is 18.2 Å². The summed E-state index contributed by atoms with van der Waals surface area (Å²) in [6, 6.07) is 4.71. The van der Waals surface area contributed by atoms with Crippen LogP contribution in [0.25, 0.3) is 0 Å². The lowest BCUT2D eigenvalue weighted by Crippen LogP contribution is -2.52. The monoisotopic (exact) mass is 281 g/mol. The van der Waals surface area contributed by atoms with Crippen LogP contribution >= 0.6 is 0 Å². The molecule has 110 valence electrons. The molecule has 5 heteroatoms. The van der Waals surface area contributed by atoms with Crippen LogP contribution in [0, 0.1) is 11.6 Å². The topological polar surface area (TPSA) is 32.5 Å². The Morgan fingerprint density at radius 1 is 1.20 bits per heavy atom. The van der Waals surface area contributed by atoms with E-state index in [2.05, 4.69) is 9.80 Å². The highest BCUT2D eigenvalue weighted by Gasteiger charge is 2.33. The van der Waals surface area contributed by atoms with Crippen LogP contribution < -0.4 is 5.73 Å². The molecule has 0 saturated carbocycles. The van der Waals surface area contributed by atoms with E-state index in [0.717, 1.165) is 25.2 Å². The summed E-state index contributed by atoms with van der Waals surface area (Å²) < 4.78 is 26.5. The first-order chi connectivity index (χ1) is 9.69. The number of rotatable bonds is 3. The predicted molar refractivity (Wildman–Crippen MR) is 74.3 cm³/mol. The van der Waals surface area contributed by atoms with Gasteiger partial charge in [-0.2, -0.15) is 0 Å². The van der Waals surface area contributed by atoms with Crippen LogP contribution in [0.2, 0.25) is 0 Å². The smallest absolute Gasteiger partial charge is 0.159 e. The first-order valence-electron chi connectivity index (χ1n) is 7.32. The molecule has 2 saturated heterocycles. The van der Waals surface area contributed by atoms with Crippen molar-refractivity contribution in [2.45, 2.75) is 24.9 Å². The van der Waals surface area contributed by atoms with E-state index in [-0.39, 0.29) is 6.04 Å². The zero-order valence-corrected chi connectivity index (χ0v) is 11.6. The van der Waals surface area contributed by atoms with Crippen molar-refractivity contribution in [2.24, 2.45) is 5.73 Å². The minimum atomic E-state index is -0.801. The molecule has 2 N–H and O–H groups in total. The number of hydrogen-bond acceptors (Lipinski definition) is 3. The third-order valence-electron chi connectivity index (χ3n) is 4.61. The van der Waals surface area contributed by atoms with Crippen LogP contribution in [0.4, 0.5) is 8.78 Å². The summed E-state index contributed by atoms with van der Waals surface area (Å²) in [5, 5.41) is 0. The number of piperazine rings is 1. The van der Waals surface area contributed by atoms with Crippen molar-refractivity contribution in [2.75, 3.05) is 32.7 Å². The Kier molecular flexibility index (Phi) is 4.01. The molecule has 20 heavy (non-hydrogen) atoms. The largest absolute Gasteiger partial charge is 0.329 e. The molecule has 3 rings (SSSR count). The van der Waals surface area contributed by atoms with E-state index in [0.29, 0.717) is 12.6 Å². The van der Waals surface area contributed by atoms with Gasteiger partial charge in [-0.05, 0) is 37.1 Å². The van der Waals surface area contributed by atoms with Crippen molar-refractivity contribution in [3.63, 3.8) is 0 Å². The molecule has 2 fully saturated rings. The molecule has 0 spiro atoms. The van der Waals surface area contributed by atoms with Crippen LogP contribution in [0.5, 0.6) is 0 Å². The predicted octanol–water partition coefficient (Wildman–Crippen LogP) is 1.74. The lowest BCUT2D eigenvalue weighted by Gasteiger charge is -2.41. The highest BCUT2D eigenvalue weighted by molar-refractivity contribution is 5.22. The Bertz CT molecular complexity index is 480. The normalized spacial score (nSPS) is 25.6. The molecule has 0 bridgehead atoms. The molecular weight excluding hydrogens is 260 g/mol. The highest BCUT2D eigenvalue weighted by Crippen LogP contribution is 2.28. The molecule has 3 nitrogen and oxygen atoms in total. The van der Waals surface area contributed by atoms with Gasteiger partial charge in [0.05, 0.1) is 0 Å². The SMILES string of the molecule is NCC(c1ccc(F)c(F)c1)N1CCN2CCCC2C1. The summed E-state index contributed by atoms with van der Waals surface area (Å²) in [7, 11) is 0. The molecule has 2 aliphatic heterocycles. The summed E-state index contributed by atoms with van der Waals surface area (Å²) >= 11 is 0. The molecule has 1 aromatic rings. The lowest BCUT2D eigenvalue weighted by molar-refractivity contribution is 0.0736. The third kappa shape index (κ3) is 2.57. The first kappa shape index (κ1) is 13.9.